The predicted octanol–water partition coefficient (Wildman–Crippen LogP) is 3.94. The zero-order valence-corrected chi connectivity index (χ0v) is 12.6. The number of rotatable bonds is 5. The van der Waals surface area contributed by atoms with Gasteiger partial charge in [-0.15, -0.1) is 0 Å². The number of anilines is 2. The molecular weight excluding hydrogens is 246 g/mol. The minimum Gasteiger partial charge on any atom is -0.398 e. The van der Waals surface area contributed by atoms with Crippen LogP contribution in [0.3, 0.4) is 0 Å². The van der Waals surface area contributed by atoms with Crippen molar-refractivity contribution in [3.05, 3.63) is 23.8 Å². The quantitative estimate of drug-likeness (QED) is 0.825. The van der Waals surface area contributed by atoms with Crippen molar-refractivity contribution in [1.82, 2.24) is 0 Å². The Morgan fingerprint density at radius 3 is 2.65 bits per heavy atom. The highest BCUT2D eigenvalue weighted by Gasteiger charge is 2.23. The zero-order chi connectivity index (χ0) is 14.5. The normalized spacial score (nSPS) is 15.5. The van der Waals surface area contributed by atoms with E-state index in [0.29, 0.717) is 23.2 Å². The second-order valence-corrected chi connectivity index (χ2v) is 6.20. The molecule has 0 bridgehead atoms. The second-order valence-electron chi connectivity index (χ2n) is 6.20. The van der Waals surface area contributed by atoms with Gasteiger partial charge in [0.1, 0.15) is 6.07 Å². The van der Waals surface area contributed by atoms with E-state index >= 15 is 0 Å². The third kappa shape index (κ3) is 3.45. The van der Waals surface area contributed by atoms with E-state index in [-0.39, 0.29) is 0 Å². The molecule has 3 heteroatoms. The molecule has 0 heterocycles. The Bertz CT molecular complexity index is 481. The zero-order valence-electron chi connectivity index (χ0n) is 12.6. The molecule has 0 aromatic heterocycles. The van der Waals surface area contributed by atoms with Gasteiger partial charge < -0.3 is 10.6 Å². The summed E-state index contributed by atoms with van der Waals surface area (Å²) in [5.74, 6) is 0.697. The summed E-state index contributed by atoms with van der Waals surface area (Å²) in [6, 6.07) is 8.71. The fourth-order valence-electron chi connectivity index (χ4n) is 2.96. The summed E-state index contributed by atoms with van der Waals surface area (Å²) in [7, 11) is 0. The molecule has 3 nitrogen and oxygen atoms in total. The Kier molecular flexibility index (Phi) is 4.89. The molecule has 1 aliphatic rings. The molecule has 1 fully saturated rings. The summed E-state index contributed by atoms with van der Waals surface area (Å²) < 4.78 is 0. The lowest BCUT2D eigenvalue weighted by Gasteiger charge is -2.32. The van der Waals surface area contributed by atoms with Crippen LogP contribution in [0.25, 0.3) is 0 Å². The van der Waals surface area contributed by atoms with Crippen LogP contribution in [0.5, 0.6) is 0 Å². The van der Waals surface area contributed by atoms with E-state index in [0.717, 1.165) is 12.2 Å². The monoisotopic (exact) mass is 271 g/mol. The third-order valence-corrected chi connectivity index (χ3v) is 4.20. The van der Waals surface area contributed by atoms with E-state index in [9.17, 15) is 0 Å². The van der Waals surface area contributed by atoms with Crippen molar-refractivity contribution in [2.24, 2.45) is 5.92 Å². The molecule has 0 atom stereocenters. The molecule has 2 N–H and O–H groups in total. The maximum atomic E-state index is 9.16. The lowest BCUT2D eigenvalue weighted by Crippen LogP contribution is -2.34. The van der Waals surface area contributed by atoms with Gasteiger partial charge in [-0.25, -0.2) is 0 Å². The maximum absolute atomic E-state index is 9.16. The van der Waals surface area contributed by atoms with Crippen LogP contribution < -0.4 is 10.6 Å². The molecule has 108 valence electrons. The van der Waals surface area contributed by atoms with Gasteiger partial charge in [0.2, 0.25) is 0 Å². The SMILES string of the molecule is CC(C)CCN(c1ccc(N)c(C#N)c1)C1CCCC1. The van der Waals surface area contributed by atoms with E-state index in [1.165, 1.54) is 32.1 Å². The van der Waals surface area contributed by atoms with Crippen molar-refractivity contribution in [3.63, 3.8) is 0 Å². The van der Waals surface area contributed by atoms with E-state index in [1.54, 1.807) is 0 Å². The minimum atomic E-state index is 0.575. The van der Waals surface area contributed by atoms with Gasteiger partial charge in [0, 0.05) is 24.0 Å². The van der Waals surface area contributed by atoms with Gasteiger partial charge in [-0.2, -0.15) is 5.26 Å². The van der Waals surface area contributed by atoms with Crippen LogP contribution in [-0.4, -0.2) is 12.6 Å². The van der Waals surface area contributed by atoms with Gasteiger partial charge in [0.15, 0.2) is 0 Å². The van der Waals surface area contributed by atoms with Crippen molar-refractivity contribution in [1.29, 1.82) is 5.26 Å². The van der Waals surface area contributed by atoms with Crippen LogP contribution in [0.15, 0.2) is 18.2 Å². The van der Waals surface area contributed by atoms with Crippen molar-refractivity contribution in [2.75, 3.05) is 17.2 Å². The van der Waals surface area contributed by atoms with E-state index in [4.69, 9.17) is 11.0 Å². The first-order valence-corrected chi connectivity index (χ1v) is 7.68. The van der Waals surface area contributed by atoms with Gasteiger partial charge >= 0.3 is 0 Å². The van der Waals surface area contributed by atoms with E-state index in [2.05, 4.69) is 30.9 Å². The van der Waals surface area contributed by atoms with Gasteiger partial charge in [-0.3, -0.25) is 0 Å². The summed E-state index contributed by atoms with van der Waals surface area (Å²) >= 11 is 0. The third-order valence-electron chi connectivity index (χ3n) is 4.20. The number of hydrogen-bond donors (Lipinski definition) is 1. The number of benzene rings is 1. The van der Waals surface area contributed by atoms with Crippen LogP contribution in [-0.2, 0) is 0 Å². The van der Waals surface area contributed by atoms with Crippen molar-refractivity contribution in [3.8, 4) is 6.07 Å². The first-order valence-electron chi connectivity index (χ1n) is 7.68. The summed E-state index contributed by atoms with van der Waals surface area (Å²) in [4.78, 5) is 2.49. The van der Waals surface area contributed by atoms with Crippen LogP contribution in [0.1, 0.15) is 51.5 Å². The molecule has 0 unspecified atom stereocenters. The summed E-state index contributed by atoms with van der Waals surface area (Å²) in [5, 5.41) is 9.16. The number of hydrogen-bond acceptors (Lipinski definition) is 3. The fourth-order valence-corrected chi connectivity index (χ4v) is 2.96. The molecule has 1 aromatic rings. The summed E-state index contributed by atoms with van der Waals surface area (Å²) in [5.41, 5.74) is 8.16. The first kappa shape index (κ1) is 14.7. The minimum absolute atomic E-state index is 0.575. The average molecular weight is 271 g/mol. The highest BCUT2D eigenvalue weighted by Crippen LogP contribution is 2.30. The molecule has 0 aliphatic heterocycles. The standard InChI is InChI=1S/C17H25N3/c1-13(2)9-10-20(15-5-3-4-6-15)16-7-8-17(19)14(11-16)12-18/h7-8,11,13,15H,3-6,9-10,19H2,1-2H3. The highest BCUT2D eigenvalue weighted by atomic mass is 15.2. The Morgan fingerprint density at radius 1 is 1.35 bits per heavy atom. The van der Waals surface area contributed by atoms with Crippen LogP contribution in [0.4, 0.5) is 11.4 Å². The lowest BCUT2D eigenvalue weighted by atomic mass is 10.1. The summed E-state index contributed by atoms with van der Waals surface area (Å²) in [6.07, 6.45) is 6.36. The first-order chi connectivity index (χ1) is 9.61. The van der Waals surface area contributed by atoms with Crippen molar-refractivity contribution < 1.29 is 0 Å². The van der Waals surface area contributed by atoms with Gasteiger partial charge in [0.05, 0.1) is 5.56 Å². The Hall–Kier alpha value is -1.69. The molecule has 1 aliphatic carbocycles. The Balaban J connectivity index is 2.23. The number of nitrogen functional groups attached to an aromatic ring is 1. The molecule has 20 heavy (non-hydrogen) atoms. The Labute approximate surface area is 122 Å². The largest absolute Gasteiger partial charge is 0.398 e. The maximum Gasteiger partial charge on any atom is 0.101 e. The van der Waals surface area contributed by atoms with Crippen LogP contribution in [0.2, 0.25) is 0 Å². The Morgan fingerprint density at radius 2 is 2.05 bits per heavy atom. The van der Waals surface area contributed by atoms with Crippen LogP contribution in [0, 0.1) is 17.2 Å². The molecule has 0 amide bonds. The van der Waals surface area contributed by atoms with Gasteiger partial charge in [-0.1, -0.05) is 26.7 Å². The molecule has 0 radical (unpaired) electrons. The van der Waals surface area contributed by atoms with Crippen molar-refractivity contribution in [2.45, 2.75) is 52.0 Å². The fraction of sp³-hybridized carbons (Fsp3) is 0.588. The van der Waals surface area contributed by atoms with E-state index < -0.39 is 0 Å². The number of nitrogens with zero attached hydrogens (tertiary/aromatic N) is 2. The topological polar surface area (TPSA) is 53.0 Å². The smallest absolute Gasteiger partial charge is 0.101 e. The molecule has 2 rings (SSSR count). The second kappa shape index (κ2) is 6.65. The molecule has 0 saturated heterocycles. The molecular formula is C17H25N3. The molecule has 0 spiro atoms. The lowest BCUT2D eigenvalue weighted by molar-refractivity contribution is 0.528. The molecule has 1 aromatic carbocycles. The predicted molar refractivity (Wildman–Crippen MR) is 84.6 cm³/mol. The number of nitrogens with two attached hydrogens (primary N) is 1. The van der Waals surface area contributed by atoms with Crippen LogP contribution >= 0.6 is 0 Å². The summed E-state index contributed by atoms with van der Waals surface area (Å²) in [6.45, 7) is 5.59. The van der Waals surface area contributed by atoms with Crippen molar-refractivity contribution >= 4 is 11.4 Å². The number of nitriles is 1. The average Bonchev–Trinajstić information content (AvgIpc) is 2.94. The van der Waals surface area contributed by atoms with E-state index in [1.807, 2.05) is 12.1 Å². The van der Waals surface area contributed by atoms with Gasteiger partial charge in [-0.05, 0) is 43.4 Å². The molecule has 1 saturated carbocycles. The van der Waals surface area contributed by atoms with Gasteiger partial charge in [0.25, 0.3) is 0 Å². The highest BCUT2D eigenvalue weighted by molar-refractivity contribution is 5.63.